The molecule has 0 aromatic carbocycles. The van der Waals surface area contributed by atoms with Gasteiger partial charge in [0, 0.05) is 18.3 Å². The van der Waals surface area contributed by atoms with Crippen LogP contribution in [0.4, 0.5) is 0 Å². The van der Waals surface area contributed by atoms with Gasteiger partial charge in [0.05, 0.1) is 17.1 Å². The predicted molar refractivity (Wildman–Crippen MR) is 113 cm³/mol. The first-order chi connectivity index (χ1) is 13.7. The molecule has 1 N–H and O–H groups in total. The molecule has 1 aliphatic carbocycles. The summed E-state index contributed by atoms with van der Waals surface area (Å²) < 4.78 is 0. The number of likely N-dealkylation sites (tertiary alicyclic amines) is 1. The molecule has 0 spiro atoms. The van der Waals surface area contributed by atoms with Crippen molar-refractivity contribution in [3.8, 4) is 9.88 Å². The standard InChI is InChI=1S/C21H27N3O2S2/c25-19(12-15-6-2-1-3-7-15)24-10-4-8-17(24)20(26)22-13-16-14-28-21(23-16)18-9-5-11-27-18/h5,9,11,14-15,17H,1-4,6-8,10,12-13H2,(H,22,26). The minimum Gasteiger partial charge on any atom is -0.349 e. The topological polar surface area (TPSA) is 62.3 Å². The highest BCUT2D eigenvalue weighted by atomic mass is 32.1. The van der Waals surface area contributed by atoms with Crippen LogP contribution in [-0.4, -0.2) is 34.3 Å². The van der Waals surface area contributed by atoms with Gasteiger partial charge in [0.1, 0.15) is 11.0 Å². The molecule has 3 heterocycles. The third kappa shape index (κ3) is 4.63. The highest BCUT2D eigenvalue weighted by molar-refractivity contribution is 7.20. The Hall–Kier alpha value is -1.73. The van der Waals surface area contributed by atoms with Gasteiger partial charge in [-0.2, -0.15) is 0 Å². The van der Waals surface area contributed by atoms with Crippen LogP contribution in [0, 0.1) is 5.92 Å². The van der Waals surface area contributed by atoms with Crippen molar-refractivity contribution in [3.05, 3.63) is 28.6 Å². The van der Waals surface area contributed by atoms with Gasteiger partial charge < -0.3 is 10.2 Å². The Kier molecular flexibility index (Phi) is 6.42. The van der Waals surface area contributed by atoms with E-state index in [0.717, 1.165) is 41.3 Å². The summed E-state index contributed by atoms with van der Waals surface area (Å²) in [5.74, 6) is 0.634. The minimum atomic E-state index is -0.313. The third-order valence-electron chi connectivity index (χ3n) is 5.79. The molecule has 2 aliphatic rings. The molecule has 2 aromatic rings. The summed E-state index contributed by atoms with van der Waals surface area (Å²) in [6.45, 7) is 1.13. The fourth-order valence-electron chi connectivity index (χ4n) is 4.29. The van der Waals surface area contributed by atoms with Gasteiger partial charge in [-0.05, 0) is 43.0 Å². The molecule has 28 heavy (non-hydrogen) atoms. The summed E-state index contributed by atoms with van der Waals surface area (Å²) in [4.78, 5) is 33.1. The van der Waals surface area contributed by atoms with E-state index >= 15 is 0 Å². The first-order valence-corrected chi connectivity index (χ1v) is 12.0. The number of amides is 2. The van der Waals surface area contributed by atoms with Gasteiger partial charge in [-0.1, -0.05) is 25.3 Å². The van der Waals surface area contributed by atoms with Crippen molar-refractivity contribution >= 4 is 34.5 Å². The zero-order chi connectivity index (χ0) is 19.3. The number of carbonyl (C=O) groups excluding carboxylic acids is 2. The molecule has 0 bridgehead atoms. The van der Waals surface area contributed by atoms with Crippen LogP contribution in [0.3, 0.4) is 0 Å². The second-order valence-electron chi connectivity index (χ2n) is 7.79. The van der Waals surface area contributed by atoms with Crippen LogP contribution in [0.25, 0.3) is 9.88 Å². The summed E-state index contributed by atoms with van der Waals surface area (Å²) >= 11 is 3.27. The lowest BCUT2D eigenvalue weighted by atomic mass is 9.86. The highest BCUT2D eigenvalue weighted by Crippen LogP contribution is 2.29. The second kappa shape index (κ2) is 9.18. The first kappa shape index (κ1) is 19.6. The molecular formula is C21H27N3O2S2. The Morgan fingerprint density at radius 3 is 2.79 bits per heavy atom. The van der Waals surface area contributed by atoms with E-state index in [1.54, 1.807) is 22.7 Å². The van der Waals surface area contributed by atoms with Gasteiger partial charge in [0.25, 0.3) is 0 Å². The van der Waals surface area contributed by atoms with E-state index in [9.17, 15) is 9.59 Å². The van der Waals surface area contributed by atoms with E-state index in [-0.39, 0.29) is 17.9 Å². The van der Waals surface area contributed by atoms with E-state index in [4.69, 9.17) is 0 Å². The molecule has 1 aliphatic heterocycles. The Bertz CT molecular complexity index is 796. The van der Waals surface area contributed by atoms with E-state index in [1.807, 2.05) is 21.7 Å². The van der Waals surface area contributed by atoms with Crippen LogP contribution in [0.2, 0.25) is 0 Å². The quantitative estimate of drug-likeness (QED) is 0.755. The Morgan fingerprint density at radius 2 is 2.00 bits per heavy atom. The second-order valence-corrected chi connectivity index (χ2v) is 9.60. The van der Waals surface area contributed by atoms with Crippen LogP contribution in [-0.2, 0) is 16.1 Å². The monoisotopic (exact) mass is 417 g/mol. The summed E-state index contributed by atoms with van der Waals surface area (Å²) in [5.41, 5.74) is 0.875. The maximum atomic E-state index is 12.8. The molecule has 2 aromatic heterocycles. The molecular weight excluding hydrogens is 390 g/mol. The van der Waals surface area contributed by atoms with Gasteiger partial charge in [-0.15, -0.1) is 22.7 Å². The largest absolute Gasteiger partial charge is 0.349 e. The molecule has 0 radical (unpaired) electrons. The van der Waals surface area contributed by atoms with Crippen LogP contribution in [0.15, 0.2) is 22.9 Å². The molecule has 1 unspecified atom stereocenters. The van der Waals surface area contributed by atoms with Gasteiger partial charge in [-0.25, -0.2) is 4.98 Å². The zero-order valence-corrected chi connectivity index (χ0v) is 17.7. The van der Waals surface area contributed by atoms with Gasteiger partial charge in [0.15, 0.2) is 0 Å². The van der Waals surface area contributed by atoms with Crippen LogP contribution >= 0.6 is 22.7 Å². The van der Waals surface area contributed by atoms with E-state index in [2.05, 4.69) is 16.4 Å². The van der Waals surface area contributed by atoms with Gasteiger partial charge in [0.2, 0.25) is 11.8 Å². The number of carbonyl (C=O) groups is 2. The fourth-order valence-corrected chi connectivity index (χ4v) is 5.92. The van der Waals surface area contributed by atoms with Gasteiger partial charge in [-0.3, -0.25) is 9.59 Å². The predicted octanol–water partition coefficient (Wildman–Crippen LogP) is 4.45. The fraction of sp³-hybridized carbons (Fsp3) is 0.571. The molecule has 2 fully saturated rings. The summed E-state index contributed by atoms with van der Waals surface area (Å²) in [5, 5.41) is 8.03. The van der Waals surface area contributed by atoms with Crippen molar-refractivity contribution < 1.29 is 9.59 Å². The number of aromatic nitrogens is 1. The molecule has 4 rings (SSSR count). The minimum absolute atomic E-state index is 0.0415. The first-order valence-electron chi connectivity index (χ1n) is 10.3. The summed E-state index contributed by atoms with van der Waals surface area (Å²) in [7, 11) is 0. The van der Waals surface area contributed by atoms with Crippen molar-refractivity contribution in [2.45, 2.75) is 64.0 Å². The SMILES string of the molecule is O=C(NCc1csc(-c2cccs2)n1)C1CCCN1C(=O)CC1CCCCC1. The maximum Gasteiger partial charge on any atom is 0.243 e. The number of hydrogen-bond acceptors (Lipinski definition) is 5. The highest BCUT2D eigenvalue weighted by Gasteiger charge is 2.34. The Balaban J connectivity index is 1.30. The number of hydrogen-bond donors (Lipinski definition) is 1. The normalized spacial score (nSPS) is 20.4. The molecule has 7 heteroatoms. The summed E-state index contributed by atoms with van der Waals surface area (Å²) in [6.07, 6.45) is 8.38. The molecule has 150 valence electrons. The lowest BCUT2D eigenvalue weighted by Crippen LogP contribution is -2.46. The number of rotatable bonds is 6. The molecule has 1 saturated heterocycles. The maximum absolute atomic E-state index is 12.8. The molecule has 1 saturated carbocycles. The lowest BCUT2D eigenvalue weighted by molar-refractivity contribution is -0.139. The Labute approximate surface area is 174 Å². The van der Waals surface area contributed by atoms with Crippen molar-refractivity contribution in [2.75, 3.05) is 6.54 Å². The van der Waals surface area contributed by atoms with Crippen molar-refractivity contribution in [3.63, 3.8) is 0 Å². The number of thiophene rings is 1. The van der Waals surface area contributed by atoms with Crippen LogP contribution in [0.5, 0.6) is 0 Å². The summed E-state index contributed by atoms with van der Waals surface area (Å²) in [6, 6.07) is 3.76. The van der Waals surface area contributed by atoms with E-state index < -0.39 is 0 Å². The van der Waals surface area contributed by atoms with Gasteiger partial charge >= 0.3 is 0 Å². The molecule has 2 amide bonds. The lowest BCUT2D eigenvalue weighted by Gasteiger charge is -2.27. The molecule has 1 atom stereocenters. The third-order valence-corrected chi connectivity index (χ3v) is 7.72. The van der Waals surface area contributed by atoms with E-state index in [1.165, 1.54) is 19.3 Å². The number of thiazole rings is 1. The van der Waals surface area contributed by atoms with Crippen molar-refractivity contribution in [1.82, 2.24) is 15.2 Å². The zero-order valence-electron chi connectivity index (χ0n) is 16.1. The van der Waals surface area contributed by atoms with Crippen LogP contribution in [0.1, 0.15) is 57.1 Å². The number of nitrogens with one attached hydrogen (secondary N) is 1. The number of nitrogens with zero attached hydrogens (tertiary/aromatic N) is 2. The Morgan fingerprint density at radius 1 is 1.14 bits per heavy atom. The van der Waals surface area contributed by atoms with Crippen molar-refractivity contribution in [2.24, 2.45) is 5.92 Å². The smallest absolute Gasteiger partial charge is 0.243 e. The van der Waals surface area contributed by atoms with Crippen molar-refractivity contribution in [1.29, 1.82) is 0 Å². The van der Waals surface area contributed by atoms with Crippen LogP contribution < -0.4 is 5.32 Å². The average Bonchev–Trinajstić information content (AvgIpc) is 3.48. The average molecular weight is 418 g/mol. The van der Waals surface area contributed by atoms with E-state index in [0.29, 0.717) is 25.4 Å². The molecule has 5 nitrogen and oxygen atoms in total.